The Morgan fingerprint density at radius 1 is 1.06 bits per heavy atom. The zero-order chi connectivity index (χ0) is 22.8. The largest absolute Gasteiger partial charge is 0.462 e. The molecule has 8 heteroatoms. The minimum absolute atomic E-state index is 0.113. The maximum absolute atomic E-state index is 13.2. The number of aromatic nitrogens is 2. The average Bonchev–Trinajstić information content (AvgIpc) is 3.18. The van der Waals surface area contributed by atoms with Crippen LogP contribution in [0.2, 0.25) is 0 Å². The van der Waals surface area contributed by atoms with Crippen LogP contribution >= 0.6 is 0 Å². The van der Waals surface area contributed by atoms with Crippen LogP contribution in [-0.4, -0.2) is 32.7 Å². The Balaban J connectivity index is 1.83. The Bertz CT molecular complexity index is 1340. The molecule has 4 aromatic rings. The number of ketones is 1. The van der Waals surface area contributed by atoms with Crippen molar-refractivity contribution in [2.45, 2.75) is 13.8 Å². The van der Waals surface area contributed by atoms with Gasteiger partial charge < -0.3 is 4.74 Å². The first kappa shape index (κ1) is 20.9. The number of fused-ring (bicyclic) bond motifs is 1. The third-order valence-corrected chi connectivity index (χ3v) is 5.08. The zero-order valence-corrected chi connectivity index (χ0v) is 17.4. The van der Waals surface area contributed by atoms with Crippen LogP contribution in [0.5, 0.6) is 0 Å². The number of hydrogen-bond acceptors (Lipinski definition) is 6. The summed E-state index contributed by atoms with van der Waals surface area (Å²) in [6, 6.07) is 16.3. The molecule has 0 spiro atoms. The van der Waals surface area contributed by atoms with Gasteiger partial charge in [0, 0.05) is 23.3 Å². The lowest BCUT2D eigenvalue weighted by Crippen LogP contribution is -2.06. The molecule has 0 saturated carbocycles. The van der Waals surface area contributed by atoms with Crippen LogP contribution in [0.4, 0.5) is 5.69 Å². The van der Waals surface area contributed by atoms with Crippen molar-refractivity contribution < 1.29 is 19.2 Å². The van der Waals surface area contributed by atoms with Crippen LogP contribution < -0.4 is 0 Å². The summed E-state index contributed by atoms with van der Waals surface area (Å²) in [5, 5.41) is 10.9. The number of hydrogen-bond donors (Lipinski definition) is 0. The molecule has 0 saturated heterocycles. The van der Waals surface area contributed by atoms with Crippen molar-refractivity contribution >= 4 is 23.0 Å². The van der Waals surface area contributed by atoms with E-state index < -0.39 is 16.7 Å². The van der Waals surface area contributed by atoms with Gasteiger partial charge in [0.1, 0.15) is 6.33 Å². The van der Waals surface area contributed by atoms with Gasteiger partial charge in [-0.2, -0.15) is 0 Å². The standard InChI is InChI=1S/C24H19N3O5/c1-3-32-24(29)19-12-22(23(28)17-8-10-18(11-9-17)27(30)31)26-14-25-20(13-21(19)26)16-6-4-15(2)5-7-16/h4-14H,3H2,1-2H3. The van der Waals surface area contributed by atoms with Gasteiger partial charge in [0.2, 0.25) is 5.78 Å². The van der Waals surface area contributed by atoms with E-state index in [0.29, 0.717) is 11.2 Å². The van der Waals surface area contributed by atoms with E-state index in [1.807, 2.05) is 31.2 Å². The number of nitro benzene ring substituents is 1. The summed E-state index contributed by atoms with van der Waals surface area (Å²) in [4.78, 5) is 40.6. The minimum Gasteiger partial charge on any atom is -0.462 e. The molecular weight excluding hydrogens is 410 g/mol. The van der Waals surface area contributed by atoms with Gasteiger partial charge in [-0.25, -0.2) is 9.78 Å². The van der Waals surface area contributed by atoms with E-state index in [1.54, 1.807) is 13.0 Å². The van der Waals surface area contributed by atoms with Gasteiger partial charge in [-0.3, -0.25) is 19.3 Å². The van der Waals surface area contributed by atoms with Crippen LogP contribution in [0.3, 0.4) is 0 Å². The first-order chi connectivity index (χ1) is 15.4. The molecule has 160 valence electrons. The molecule has 0 N–H and O–H groups in total. The summed E-state index contributed by atoms with van der Waals surface area (Å²) in [6.07, 6.45) is 1.49. The molecule has 2 aromatic carbocycles. The van der Waals surface area contributed by atoms with Crippen molar-refractivity contribution in [3.8, 4) is 11.3 Å². The van der Waals surface area contributed by atoms with Gasteiger partial charge >= 0.3 is 5.97 Å². The van der Waals surface area contributed by atoms with Crippen molar-refractivity contribution in [1.82, 2.24) is 9.38 Å². The SMILES string of the molecule is CCOC(=O)c1cc(C(=O)c2ccc([N+](=O)[O-])cc2)n2cnc(-c3ccc(C)cc3)cc12. The smallest absolute Gasteiger partial charge is 0.340 e. The van der Waals surface area contributed by atoms with Crippen LogP contribution in [0.25, 0.3) is 16.8 Å². The van der Waals surface area contributed by atoms with Crippen molar-refractivity contribution in [2.24, 2.45) is 0 Å². The molecule has 0 bridgehead atoms. The molecule has 32 heavy (non-hydrogen) atoms. The Hall–Kier alpha value is -4.33. The highest BCUT2D eigenvalue weighted by atomic mass is 16.6. The summed E-state index contributed by atoms with van der Waals surface area (Å²) in [5.41, 5.74) is 3.71. The number of nitrogens with zero attached hydrogens (tertiary/aromatic N) is 3. The first-order valence-corrected chi connectivity index (χ1v) is 9.93. The second kappa shape index (κ2) is 8.43. The van der Waals surface area contributed by atoms with Gasteiger partial charge in [0.25, 0.3) is 5.69 Å². The third-order valence-electron chi connectivity index (χ3n) is 5.08. The zero-order valence-electron chi connectivity index (χ0n) is 17.4. The molecular formula is C24H19N3O5. The molecule has 0 aliphatic carbocycles. The van der Waals surface area contributed by atoms with Crippen molar-refractivity contribution in [2.75, 3.05) is 6.61 Å². The van der Waals surface area contributed by atoms with E-state index in [9.17, 15) is 19.7 Å². The van der Waals surface area contributed by atoms with E-state index >= 15 is 0 Å². The number of nitro groups is 1. The van der Waals surface area contributed by atoms with Gasteiger partial charge in [0.05, 0.1) is 34.0 Å². The second-order valence-corrected chi connectivity index (χ2v) is 7.19. The summed E-state index contributed by atoms with van der Waals surface area (Å²) in [6.45, 7) is 3.89. The number of carbonyl (C=O) groups is 2. The fourth-order valence-corrected chi connectivity index (χ4v) is 3.41. The highest BCUT2D eigenvalue weighted by Crippen LogP contribution is 2.26. The highest BCUT2D eigenvalue weighted by molar-refractivity contribution is 6.11. The molecule has 0 aliphatic rings. The number of benzene rings is 2. The van der Waals surface area contributed by atoms with Crippen LogP contribution in [0.1, 0.15) is 38.9 Å². The Labute approximate surface area is 183 Å². The van der Waals surface area contributed by atoms with Crippen LogP contribution in [0, 0.1) is 17.0 Å². The summed E-state index contributed by atoms with van der Waals surface area (Å²) in [7, 11) is 0. The van der Waals surface area contributed by atoms with E-state index in [1.165, 1.54) is 41.1 Å². The van der Waals surface area contributed by atoms with Gasteiger partial charge in [-0.05, 0) is 38.1 Å². The number of esters is 1. The van der Waals surface area contributed by atoms with E-state index in [0.717, 1.165) is 11.1 Å². The van der Waals surface area contributed by atoms with Crippen molar-refractivity contribution in [3.63, 3.8) is 0 Å². The lowest BCUT2D eigenvalue weighted by Gasteiger charge is -2.06. The third kappa shape index (κ3) is 3.85. The van der Waals surface area contributed by atoms with Gasteiger partial charge in [-0.15, -0.1) is 0 Å². The normalized spacial score (nSPS) is 10.8. The monoisotopic (exact) mass is 429 g/mol. The minimum atomic E-state index is -0.547. The Morgan fingerprint density at radius 2 is 1.75 bits per heavy atom. The molecule has 0 fully saturated rings. The molecule has 8 nitrogen and oxygen atoms in total. The molecule has 2 aromatic heterocycles. The highest BCUT2D eigenvalue weighted by Gasteiger charge is 2.22. The molecule has 0 radical (unpaired) electrons. The fraction of sp³-hybridized carbons (Fsp3) is 0.125. The molecule has 0 atom stereocenters. The number of ether oxygens (including phenoxy) is 1. The molecule has 0 aliphatic heterocycles. The first-order valence-electron chi connectivity index (χ1n) is 9.93. The van der Waals surface area contributed by atoms with Gasteiger partial charge in [0.15, 0.2) is 0 Å². The summed E-state index contributed by atoms with van der Waals surface area (Å²) < 4.78 is 6.71. The van der Waals surface area contributed by atoms with Crippen LogP contribution in [0.15, 0.2) is 67.0 Å². The lowest BCUT2D eigenvalue weighted by atomic mass is 10.1. The molecule has 4 rings (SSSR count). The average molecular weight is 429 g/mol. The fourth-order valence-electron chi connectivity index (χ4n) is 3.41. The van der Waals surface area contributed by atoms with Gasteiger partial charge in [-0.1, -0.05) is 29.8 Å². The molecule has 2 heterocycles. The predicted octanol–water partition coefficient (Wildman–Crippen LogP) is 4.63. The second-order valence-electron chi connectivity index (χ2n) is 7.19. The number of carbonyl (C=O) groups excluding carboxylic acids is 2. The number of aryl methyl sites for hydroxylation is 1. The number of rotatable bonds is 6. The van der Waals surface area contributed by atoms with Crippen LogP contribution in [-0.2, 0) is 4.74 Å². The maximum atomic E-state index is 13.2. The van der Waals surface area contributed by atoms with Crippen molar-refractivity contribution in [3.05, 3.63) is 99.5 Å². The van der Waals surface area contributed by atoms with E-state index in [4.69, 9.17) is 4.74 Å². The Morgan fingerprint density at radius 3 is 2.38 bits per heavy atom. The predicted molar refractivity (Wildman–Crippen MR) is 118 cm³/mol. The molecule has 0 unspecified atom stereocenters. The van der Waals surface area contributed by atoms with Crippen molar-refractivity contribution in [1.29, 1.82) is 0 Å². The van der Waals surface area contributed by atoms with E-state index in [-0.39, 0.29) is 29.1 Å². The summed E-state index contributed by atoms with van der Waals surface area (Å²) >= 11 is 0. The molecule has 0 amide bonds. The number of non-ortho nitro benzene ring substituents is 1. The lowest BCUT2D eigenvalue weighted by molar-refractivity contribution is -0.384. The topological polar surface area (TPSA) is 104 Å². The Kier molecular flexibility index (Phi) is 5.51. The quantitative estimate of drug-likeness (QED) is 0.192. The maximum Gasteiger partial charge on any atom is 0.340 e. The summed E-state index contributed by atoms with van der Waals surface area (Å²) in [5.74, 6) is -0.941. The van der Waals surface area contributed by atoms with E-state index in [2.05, 4.69) is 4.98 Å².